The lowest BCUT2D eigenvalue weighted by Gasteiger charge is -2.26. The average molecular weight is 471 g/mol. The number of benzene rings is 1. The van der Waals surface area contributed by atoms with Gasteiger partial charge in [-0.05, 0) is 18.2 Å². The molecule has 2 heterocycles. The Labute approximate surface area is 170 Å². The lowest BCUT2D eigenvalue weighted by atomic mass is 10.1. The van der Waals surface area contributed by atoms with E-state index in [1.807, 2.05) is 0 Å². The standard InChI is InChI=1S/C16H11F6N3O3S2/c17-15(18,19)8-3-9(16(20,21)22)5-10(4-8)25-11-6-30(27,28)7-12(11)29-14(25)24-13(26)1-2-23/h3-5,11-12H,1,6-7H2/t11-,12+/m0/s1. The zero-order chi connectivity index (χ0) is 22.5. The maximum absolute atomic E-state index is 13.2. The number of amides is 1. The molecule has 0 aromatic heterocycles. The molecule has 2 aliphatic rings. The summed E-state index contributed by atoms with van der Waals surface area (Å²) in [5.41, 5.74) is -3.74. The van der Waals surface area contributed by atoms with Crippen LogP contribution in [0, 0.1) is 11.3 Å². The predicted octanol–water partition coefficient (Wildman–Crippen LogP) is 3.24. The van der Waals surface area contributed by atoms with Gasteiger partial charge in [0.15, 0.2) is 15.0 Å². The van der Waals surface area contributed by atoms with E-state index in [9.17, 15) is 39.6 Å². The van der Waals surface area contributed by atoms with Gasteiger partial charge in [0.1, 0.15) is 6.42 Å². The van der Waals surface area contributed by atoms with E-state index in [0.29, 0.717) is 12.1 Å². The van der Waals surface area contributed by atoms with Gasteiger partial charge in [-0.1, -0.05) is 11.8 Å². The molecule has 1 aromatic carbocycles. The lowest BCUT2D eigenvalue weighted by Crippen LogP contribution is -2.38. The first kappa shape index (κ1) is 22.4. The number of hydrogen-bond acceptors (Lipinski definition) is 5. The van der Waals surface area contributed by atoms with Gasteiger partial charge in [0.25, 0.3) is 5.91 Å². The zero-order valence-corrected chi connectivity index (χ0v) is 16.3. The molecule has 1 amide bonds. The molecule has 30 heavy (non-hydrogen) atoms. The summed E-state index contributed by atoms with van der Waals surface area (Å²) in [5, 5.41) is 7.61. The van der Waals surface area contributed by atoms with Crippen LogP contribution in [0.5, 0.6) is 0 Å². The molecule has 0 N–H and O–H groups in total. The second kappa shape index (κ2) is 7.45. The topological polar surface area (TPSA) is 90.6 Å². The van der Waals surface area contributed by atoms with Crippen LogP contribution in [-0.4, -0.2) is 42.3 Å². The van der Waals surface area contributed by atoms with Gasteiger partial charge in [-0.15, -0.1) is 0 Å². The molecule has 0 spiro atoms. The van der Waals surface area contributed by atoms with Crippen molar-refractivity contribution in [1.29, 1.82) is 5.26 Å². The summed E-state index contributed by atoms with van der Waals surface area (Å²) in [7, 11) is -3.58. The monoisotopic (exact) mass is 471 g/mol. The van der Waals surface area contributed by atoms with E-state index in [-0.39, 0.29) is 17.0 Å². The molecule has 0 aliphatic carbocycles. The number of carbonyl (C=O) groups excluding carboxylic acids is 1. The fourth-order valence-corrected chi connectivity index (χ4v) is 7.09. The van der Waals surface area contributed by atoms with Crippen molar-refractivity contribution in [2.45, 2.75) is 30.1 Å². The Morgan fingerprint density at radius 2 is 1.70 bits per heavy atom. The van der Waals surface area contributed by atoms with E-state index < -0.39 is 68.4 Å². The molecule has 1 aromatic rings. The molecule has 0 bridgehead atoms. The van der Waals surface area contributed by atoms with Crippen molar-refractivity contribution in [3.63, 3.8) is 0 Å². The summed E-state index contributed by atoms with van der Waals surface area (Å²) < 4.78 is 103. The molecule has 0 radical (unpaired) electrons. The molecular formula is C16H11F6N3O3S2. The van der Waals surface area contributed by atoms with Gasteiger partial charge in [0.2, 0.25) is 0 Å². The number of alkyl halides is 6. The highest BCUT2D eigenvalue weighted by molar-refractivity contribution is 8.16. The number of nitrogens with zero attached hydrogens (tertiary/aromatic N) is 3. The highest BCUT2D eigenvalue weighted by Gasteiger charge is 2.50. The van der Waals surface area contributed by atoms with Crippen molar-refractivity contribution in [3.05, 3.63) is 29.3 Å². The Kier molecular flexibility index (Phi) is 5.57. The van der Waals surface area contributed by atoms with Crippen LogP contribution in [0.3, 0.4) is 0 Å². The van der Waals surface area contributed by atoms with Gasteiger partial charge in [-0.2, -0.15) is 36.6 Å². The van der Waals surface area contributed by atoms with Crippen LogP contribution in [0.15, 0.2) is 23.2 Å². The average Bonchev–Trinajstić information content (AvgIpc) is 3.03. The molecule has 6 nitrogen and oxygen atoms in total. The Bertz CT molecular complexity index is 1030. The Morgan fingerprint density at radius 1 is 1.13 bits per heavy atom. The first-order valence-corrected chi connectivity index (χ1v) is 10.9. The largest absolute Gasteiger partial charge is 0.416 e. The number of thioether (sulfide) groups is 1. The van der Waals surface area contributed by atoms with Crippen LogP contribution in [0.1, 0.15) is 17.5 Å². The minimum Gasteiger partial charge on any atom is -0.316 e. The normalized spacial score (nSPS) is 24.7. The second-order valence-corrected chi connectivity index (χ2v) is 9.92. The summed E-state index contributed by atoms with van der Waals surface area (Å²) in [4.78, 5) is 16.3. The van der Waals surface area contributed by atoms with E-state index in [0.717, 1.165) is 16.7 Å². The minimum atomic E-state index is -5.10. The number of nitriles is 1. The van der Waals surface area contributed by atoms with E-state index >= 15 is 0 Å². The van der Waals surface area contributed by atoms with Crippen LogP contribution >= 0.6 is 11.8 Å². The molecule has 0 unspecified atom stereocenters. The van der Waals surface area contributed by atoms with Crippen molar-refractivity contribution >= 4 is 38.4 Å². The third kappa shape index (κ3) is 4.56. The molecule has 162 valence electrons. The molecule has 2 saturated heterocycles. The molecule has 3 rings (SSSR count). The maximum Gasteiger partial charge on any atom is 0.416 e. The number of sulfone groups is 1. The fraction of sp³-hybridized carbons (Fsp3) is 0.438. The summed E-state index contributed by atoms with van der Waals surface area (Å²) in [6.45, 7) is 0. The number of carbonyl (C=O) groups is 1. The van der Waals surface area contributed by atoms with Gasteiger partial charge in [-0.25, -0.2) is 8.42 Å². The summed E-state index contributed by atoms with van der Waals surface area (Å²) in [6.07, 6.45) is -10.8. The highest BCUT2D eigenvalue weighted by atomic mass is 32.2. The number of anilines is 1. The highest BCUT2D eigenvalue weighted by Crippen LogP contribution is 2.44. The number of amidine groups is 1. The SMILES string of the molecule is N#CCC(=O)N=C1S[C@@H]2CS(=O)(=O)C[C@@H]2N1c1cc(C(F)(F)F)cc(C(F)(F)F)c1. The van der Waals surface area contributed by atoms with Crippen LogP contribution in [0.2, 0.25) is 0 Å². The Balaban J connectivity index is 2.17. The molecule has 2 atom stereocenters. The molecular weight excluding hydrogens is 460 g/mol. The molecule has 14 heteroatoms. The lowest BCUT2D eigenvalue weighted by molar-refractivity contribution is -0.143. The van der Waals surface area contributed by atoms with Gasteiger partial charge in [0, 0.05) is 10.9 Å². The Morgan fingerprint density at radius 3 is 2.20 bits per heavy atom. The molecule has 2 aliphatic heterocycles. The van der Waals surface area contributed by atoms with Crippen molar-refractivity contribution in [2.24, 2.45) is 4.99 Å². The first-order valence-electron chi connectivity index (χ1n) is 8.15. The number of rotatable bonds is 2. The van der Waals surface area contributed by atoms with Crippen molar-refractivity contribution in [1.82, 2.24) is 0 Å². The fourth-order valence-electron chi connectivity index (χ4n) is 3.16. The van der Waals surface area contributed by atoms with Gasteiger partial charge >= 0.3 is 12.4 Å². The molecule has 2 fully saturated rings. The van der Waals surface area contributed by atoms with Crippen LogP contribution in [-0.2, 0) is 27.0 Å². The quantitative estimate of drug-likeness (QED) is 0.616. The van der Waals surface area contributed by atoms with E-state index in [2.05, 4.69) is 4.99 Å². The van der Waals surface area contributed by atoms with Crippen molar-refractivity contribution in [3.8, 4) is 6.07 Å². The van der Waals surface area contributed by atoms with E-state index in [1.165, 1.54) is 6.07 Å². The number of fused-ring (bicyclic) bond motifs is 1. The first-order chi connectivity index (χ1) is 13.7. The number of hydrogen-bond donors (Lipinski definition) is 0. The number of halogens is 6. The van der Waals surface area contributed by atoms with E-state index in [4.69, 9.17) is 5.26 Å². The smallest absolute Gasteiger partial charge is 0.316 e. The van der Waals surface area contributed by atoms with Crippen LogP contribution in [0.4, 0.5) is 32.0 Å². The van der Waals surface area contributed by atoms with Crippen molar-refractivity contribution in [2.75, 3.05) is 16.4 Å². The van der Waals surface area contributed by atoms with Gasteiger partial charge in [-0.3, -0.25) is 4.79 Å². The predicted molar refractivity (Wildman–Crippen MR) is 95.4 cm³/mol. The van der Waals surface area contributed by atoms with Gasteiger partial charge < -0.3 is 4.90 Å². The van der Waals surface area contributed by atoms with E-state index in [1.54, 1.807) is 0 Å². The zero-order valence-electron chi connectivity index (χ0n) is 14.7. The minimum absolute atomic E-state index is 0.0484. The molecule has 0 saturated carbocycles. The third-order valence-electron chi connectivity index (χ3n) is 4.37. The van der Waals surface area contributed by atoms with Crippen LogP contribution < -0.4 is 4.90 Å². The summed E-state index contributed by atoms with van der Waals surface area (Å²) in [5.74, 6) is -1.83. The maximum atomic E-state index is 13.2. The van der Waals surface area contributed by atoms with Crippen molar-refractivity contribution < 1.29 is 39.6 Å². The Hall–Kier alpha value is -2.27. The van der Waals surface area contributed by atoms with Gasteiger partial charge in [0.05, 0.1) is 34.7 Å². The summed E-state index contributed by atoms with van der Waals surface area (Å²) >= 11 is 0.771. The number of aliphatic imine (C=N–C) groups is 1. The summed E-state index contributed by atoms with van der Waals surface area (Å²) in [6, 6.07) is 1.39. The second-order valence-electron chi connectivity index (χ2n) is 6.56. The van der Waals surface area contributed by atoms with Crippen LogP contribution in [0.25, 0.3) is 0 Å². The third-order valence-corrected chi connectivity index (χ3v) is 7.58.